The molecule has 0 aliphatic heterocycles. The third-order valence-corrected chi connectivity index (χ3v) is 9.69. The van der Waals surface area contributed by atoms with Crippen LogP contribution in [0.4, 0.5) is 0 Å². The summed E-state index contributed by atoms with van der Waals surface area (Å²) in [4.78, 5) is 15.2. The van der Waals surface area contributed by atoms with Crippen LogP contribution in [-0.4, -0.2) is 24.6 Å². The van der Waals surface area contributed by atoms with Gasteiger partial charge in [0.25, 0.3) is 0 Å². The van der Waals surface area contributed by atoms with Crippen molar-refractivity contribution in [3.05, 3.63) is 138 Å². The minimum Gasteiger partial charge on any atom is -0.507 e. The molecular formula is C46H46N4O. The van der Waals surface area contributed by atoms with Crippen LogP contribution in [0.25, 0.3) is 61.8 Å². The van der Waals surface area contributed by atoms with Crippen molar-refractivity contribution in [1.82, 2.24) is 19.5 Å². The fourth-order valence-corrected chi connectivity index (χ4v) is 6.78. The van der Waals surface area contributed by atoms with Crippen molar-refractivity contribution in [3.63, 3.8) is 0 Å². The largest absolute Gasteiger partial charge is 0.507 e. The highest BCUT2D eigenvalue weighted by atomic mass is 16.3. The molecule has 7 aromatic rings. The molecule has 0 atom stereocenters. The van der Waals surface area contributed by atoms with Crippen LogP contribution in [0.3, 0.4) is 0 Å². The number of para-hydroxylation sites is 1. The second kappa shape index (κ2) is 13.0. The molecule has 0 radical (unpaired) electrons. The summed E-state index contributed by atoms with van der Waals surface area (Å²) >= 11 is 0. The maximum Gasteiger partial charge on any atom is 0.165 e. The van der Waals surface area contributed by atoms with Gasteiger partial charge in [0.1, 0.15) is 11.3 Å². The quantitative estimate of drug-likeness (QED) is 0.191. The Labute approximate surface area is 301 Å². The van der Waals surface area contributed by atoms with Crippen molar-refractivity contribution in [2.24, 2.45) is 0 Å². The highest BCUT2D eigenvalue weighted by Gasteiger charge is 2.29. The van der Waals surface area contributed by atoms with Gasteiger partial charge < -0.3 is 5.11 Å². The van der Waals surface area contributed by atoms with E-state index in [9.17, 15) is 5.11 Å². The van der Waals surface area contributed by atoms with E-state index in [0.717, 1.165) is 61.5 Å². The van der Waals surface area contributed by atoms with Gasteiger partial charge >= 0.3 is 0 Å². The fourth-order valence-electron chi connectivity index (χ4n) is 6.78. The Kier molecular flexibility index (Phi) is 8.62. The van der Waals surface area contributed by atoms with Gasteiger partial charge in [-0.25, -0.2) is 9.97 Å². The Morgan fingerprint density at radius 3 is 2.00 bits per heavy atom. The van der Waals surface area contributed by atoms with Gasteiger partial charge in [0.2, 0.25) is 0 Å². The summed E-state index contributed by atoms with van der Waals surface area (Å²) in [6.45, 7) is 17.5. The average Bonchev–Trinajstić information content (AvgIpc) is 3.50. The maximum absolute atomic E-state index is 12.2. The highest BCUT2D eigenvalue weighted by molar-refractivity contribution is 5.95. The molecule has 0 amide bonds. The smallest absolute Gasteiger partial charge is 0.165 e. The van der Waals surface area contributed by atoms with E-state index in [-0.39, 0.29) is 16.6 Å². The second-order valence-electron chi connectivity index (χ2n) is 15.8. The molecule has 0 aliphatic carbocycles. The summed E-state index contributed by atoms with van der Waals surface area (Å²) in [6.07, 6.45) is 3.71. The minimum atomic E-state index is -0.304. The summed E-state index contributed by atoms with van der Waals surface area (Å²) < 4.78 is 2.14. The van der Waals surface area contributed by atoms with Crippen LogP contribution < -0.4 is 0 Å². The lowest BCUT2D eigenvalue weighted by Gasteiger charge is -2.27. The van der Waals surface area contributed by atoms with E-state index in [2.05, 4.69) is 156 Å². The van der Waals surface area contributed by atoms with Gasteiger partial charge in [-0.15, -0.1) is 0 Å². The Morgan fingerprint density at radius 1 is 0.608 bits per heavy atom. The second-order valence-corrected chi connectivity index (χ2v) is 15.8. The standard InChI is InChI=1S/C46H46N4O/c1-29(2)31-24-32(26-33(25-31)39-19-14-15-22-47-39)36-21-23-48-44-41(36)49-43(37-27-34(45(3,4)5)28-38(42(37)51)46(6,7)8)50(44)40-20-13-12-18-35(40)30-16-10-9-11-17-30/h9-29,51H,1-8H3. The van der Waals surface area contributed by atoms with Crippen LogP contribution in [0.5, 0.6) is 5.75 Å². The number of imidazole rings is 1. The molecule has 0 fully saturated rings. The molecule has 0 unspecified atom stereocenters. The number of hydrogen-bond acceptors (Lipinski definition) is 4. The first-order valence-corrected chi connectivity index (χ1v) is 17.8. The molecule has 5 nitrogen and oxygen atoms in total. The number of phenolic OH excluding ortho intramolecular Hbond substituents is 1. The first kappa shape index (κ1) is 33.9. The van der Waals surface area contributed by atoms with Crippen molar-refractivity contribution in [3.8, 4) is 56.3 Å². The van der Waals surface area contributed by atoms with Crippen molar-refractivity contribution in [2.75, 3.05) is 0 Å². The van der Waals surface area contributed by atoms with Gasteiger partial charge in [-0.1, -0.05) is 122 Å². The first-order chi connectivity index (χ1) is 24.3. The molecule has 51 heavy (non-hydrogen) atoms. The van der Waals surface area contributed by atoms with Gasteiger partial charge in [0.05, 0.1) is 16.9 Å². The van der Waals surface area contributed by atoms with Gasteiger partial charge in [0.15, 0.2) is 11.5 Å². The topological polar surface area (TPSA) is 63.8 Å². The molecule has 0 saturated carbocycles. The Hall–Kier alpha value is -5.55. The zero-order chi connectivity index (χ0) is 36.1. The van der Waals surface area contributed by atoms with Crippen LogP contribution in [0, 0.1) is 0 Å². The van der Waals surface area contributed by atoms with E-state index in [4.69, 9.17) is 9.97 Å². The molecule has 0 aliphatic rings. The predicted molar refractivity (Wildman–Crippen MR) is 212 cm³/mol. The molecule has 4 aromatic carbocycles. The summed E-state index contributed by atoms with van der Waals surface area (Å²) in [6, 6.07) is 37.8. The zero-order valence-electron chi connectivity index (χ0n) is 30.9. The van der Waals surface area contributed by atoms with E-state index >= 15 is 0 Å². The number of hydrogen-bond donors (Lipinski definition) is 1. The number of nitrogens with zero attached hydrogens (tertiary/aromatic N) is 4. The molecule has 256 valence electrons. The lowest BCUT2D eigenvalue weighted by molar-refractivity contribution is 0.446. The molecule has 3 aromatic heterocycles. The number of benzene rings is 4. The number of fused-ring (bicyclic) bond motifs is 1. The molecule has 0 bridgehead atoms. The van der Waals surface area contributed by atoms with E-state index in [1.807, 2.05) is 30.6 Å². The molecule has 0 spiro atoms. The van der Waals surface area contributed by atoms with Gasteiger partial charge in [-0.3, -0.25) is 9.55 Å². The minimum absolute atomic E-state index is 0.163. The van der Waals surface area contributed by atoms with E-state index < -0.39 is 0 Å². The Morgan fingerprint density at radius 2 is 1.31 bits per heavy atom. The van der Waals surface area contributed by atoms with Crippen molar-refractivity contribution in [2.45, 2.75) is 72.1 Å². The predicted octanol–water partition coefficient (Wildman–Crippen LogP) is 11.9. The lowest BCUT2D eigenvalue weighted by Crippen LogP contribution is -2.17. The molecule has 5 heteroatoms. The summed E-state index contributed by atoms with van der Waals surface area (Å²) in [5.41, 5.74) is 12.0. The first-order valence-electron chi connectivity index (χ1n) is 17.8. The Balaban J connectivity index is 1.60. The zero-order valence-corrected chi connectivity index (χ0v) is 30.9. The lowest BCUT2D eigenvalue weighted by atomic mass is 9.79. The fraction of sp³-hybridized carbons (Fsp3) is 0.239. The van der Waals surface area contributed by atoms with Gasteiger partial charge in [-0.05, 0) is 81.5 Å². The average molecular weight is 671 g/mol. The van der Waals surface area contributed by atoms with Crippen LogP contribution in [0.15, 0.2) is 122 Å². The number of rotatable bonds is 6. The number of aromatic hydroxyl groups is 1. The molecule has 7 rings (SSSR count). The Bertz CT molecular complexity index is 2360. The molecule has 1 N–H and O–H groups in total. The number of pyridine rings is 2. The summed E-state index contributed by atoms with van der Waals surface area (Å²) in [5.74, 6) is 1.20. The van der Waals surface area contributed by atoms with Crippen LogP contribution >= 0.6 is 0 Å². The molecular weight excluding hydrogens is 625 g/mol. The number of aromatic nitrogens is 4. The normalized spacial score (nSPS) is 12.2. The van der Waals surface area contributed by atoms with Crippen LogP contribution in [0.2, 0.25) is 0 Å². The maximum atomic E-state index is 12.2. The van der Waals surface area contributed by atoms with Crippen molar-refractivity contribution in [1.29, 1.82) is 0 Å². The third kappa shape index (κ3) is 6.45. The molecule has 0 saturated heterocycles. The van der Waals surface area contributed by atoms with Crippen LogP contribution in [0.1, 0.15) is 78.0 Å². The monoisotopic (exact) mass is 670 g/mol. The van der Waals surface area contributed by atoms with Crippen molar-refractivity contribution >= 4 is 11.2 Å². The van der Waals surface area contributed by atoms with Gasteiger partial charge in [0, 0.05) is 34.6 Å². The van der Waals surface area contributed by atoms with Crippen molar-refractivity contribution < 1.29 is 5.11 Å². The van der Waals surface area contributed by atoms with E-state index in [1.165, 1.54) is 5.56 Å². The summed E-state index contributed by atoms with van der Waals surface area (Å²) in [7, 11) is 0. The van der Waals surface area contributed by atoms with Gasteiger partial charge in [-0.2, -0.15) is 0 Å². The van der Waals surface area contributed by atoms with E-state index in [1.54, 1.807) is 0 Å². The molecule has 3 heterocycles. The van der Waals surface area contributed by atoms with Crippen LogP contribution in [-0.2, 0) is 10.8 Å². The third-order valence-electron chi connectivity index (χ3n) is 9.69. The SMILES string of the molecule is CC(C)c1cc(-c2ccccn2)cc(-c2ccnc3c2nc(-c2cc(C(C)(C)C)cc(C(C)(C)C)c2O)n3-c2ccccc2-c2ccccc2)c1. The summed E-state index contributed by atoms with van der Waals surface area (Å²) in [5, 5.41) is 12.2. The number of phenols is 1. The highest BCUT2D eigenvalue weighted by Crippen LogP contribution is 2.45. The van der Waals surface area contributed by atoms with E-state index in [0.29, 0.717) is 17.3 Å².